The van der Waals surface area contributed by atoms with Crippen LogP contribution in [0.2, 0.25) is 0 Å². The zero-order valence-electron chi connectivity index (χ0n) is 14.4. The molecule has 0 saturated heterocycles. The summed E-state index contributed by atoms with van der Waals surface area (Å²) in [5.41, 5.74) is 2.18. The first-order valence-electron chi connectivity index (χ1n) is 8.20. The summed E-state index contributed by atoms with van der Waals surface area (Å²) in [5.74, 6) is 1.75. The molecule has 0 amide bonds. The van der Waals surface area contributed by atoms with Crippen LogP contribution in [0.25, 0.3) is 0 Å². The molecule has 6 heteroatoms. The normalized spacial score (nSPS) is 11.7. The highest BCUT2D eigenvalue weighted by Gasteiger charge is 2.13. The Bertz CT molecular complexity index is 623. The molecule has 2 aromatic heterocycles. The van der Waals surface area contributed by atoms with E-state index >= 15 is 0 Å². The molecule has 0 fully saturated rings. The molecule has 23 heavy (non-hydrogen) atoms. The smallest absolute Gasteiger partial charge is 0.191 e. The van der Waals surface area contributed by atoms with Gasteiger partial charge in [0.2, 0.25) is 0 Å². The zero-order chi connectivity index (χ0) is 16.7. The lowest BCUT2D eigenvalue weighted by atomic mass is 10.1. The summed E-state index contributed by atoms with van der Waals surface area (Å²) in [6.07, 6.45) is 2.82. The fourth-order valence-corrected chi connectivity index (χ4v) is 3.31. The highest BCUT2D eigenvalue weighted by atomic mass is 32.1. The van der Waals surface area contributed by atoms with Crippen LogP contribution in [0, 0.1) is 0 Å². The average Bonchev–Trinajstić information content (AvgIpc) is 3.20. The van der Waals surface area contributed by atoms with Crippen LogP contribution in [-0.4, -0.2) is 18.2 Å². The van der Waals surface area contributed by atoms with E-state index in [1.165, 1.54) is 9.75 Å². The first-order valence-corrected chi connectivity index (χ1v) is 9.01. The van der Waals surface area contributed by atoms with Crippen LogP contribution in [0.15, 0.2) is 21.6 Å². The first-order chi connectivity index (χ1) is 11.2. The van der Waals surface area contributed by atoms with Gasteiger partial charge in [0.05, 0.1) is 12.2 Å². The van der Waals surface area contributed by atoms with Gasteiger partial charge in [0, 0.05) is 35.3 Å². The number of guanidine groups is 1. The summed E-state index contributed by atoms with van der Waals surface area (Å²) in [4.78, 5) is 7.02. The lowest BCUT2D eigenvalue weighted by molar-refractivity contribution is 0.380. The predicted molar refractivity (Wildman–Crippen MR) is 96.0 cm³/mol. The Morgan fingerprint density at radius 2 is 1.83 bits per heavy atom. The molecule has 0 saturated carbocycles. The molecule has 2 rings (SSSR count). The lowest BCUT2D eigenvalue weighted by Crippen LogP contribution is -2.36. The number of aromatic nitrogens is 1. The molecule has 126 valence electrons. The van der Waals surface area contributed by atoms with Crippen molar-refractivity contribution >= 4 is 17.3 Å². The van der Waals surface area contributed by atoms with E-state index in [2.05, 4.69) is 53.7 Å². The molecular weight excluding hydrogens is 308 g/mol. The van der Waals surface area contributed by atoms with E-state index in [4.69, 9.17) is 4.52 Å². The van der Waals surface area contributed by atoms with Gasteiger partial charge in [-0.1, -0.05) is 25.9 Å². The molecule has 0 atom stereocenters. The van der Waals surface area contributed by atoms with Gasteiger partial charge in [-0.25, -0.2) is 0 Å². The first kappa shape index (κ1) is 17.5. The molecule has 0 bridgehead atoms. The summed E-state index contributed by atoms with van der Waals surface area (Å²) in [7, 11) is 1.79. The molecule has 0 aliphatic rings. The number of thiophene rings is 1. The van der Waals surface area contributed by atoms with Crippen LogP contribution in [0.1, 0.15) is 47.5 Å². The number of nitrogens with one attached hydrogen (secondary N) is 2. The van der Waals surface area contributed by atoms with Gasteiger partial charge in [0.15, 0.2) is 5.96 Å². The Hall–Kier alpha value is -1.82. The van der Waals surface area contributed by atoms with Gasteiger partial charge in [-0.2, -0.15) is 0 Å². The van der Waals surface area contributed by atoms with Crippen molar-refractivity contribution in [2.75, 3.05) is 7.05 Å². The largest absolute Gasteiger partial charge is 0.361 e. The van der Waals surface area contributed by atoms with Gasteiger partial charge in [-0.3, -0.25) is 4.99 Å². The maximum absolute atomic E-state index is 5.40. The summed E-state index contributed by atoms with van der Waals surface area (Å²) in [6, 6.07) is 4.37. The molecule has 2 N–H and O–H groups in total. The quantitative estimate of drug-likeness (QED) is 0.602. The molecule has 0 radical (unpaired) electrons. The van der Waals surface area contributed by atoms with Crippen molar-refractivity contribution in [3.63, 3.8) is 0 Å². The Morgan fingerprint density at radius 1 is 1.09 bits per heavy atom. The number of rotatable bonds is 7. The van der Waals surface area contributed by atoms with Crippen LogP contribution in [0.3, 0.4) is 0 Å². The van der Waals surface area contributed by atoms with Gasteiger partial charge >= 0.3 is 0 Å². The van der Waals surface area contributed by atoms with Crippen molar-refractivity contribution < 1.29 is 4.52 Å². The number of nitrogens with zero attached hydrogens (tertiary/aromatic N) is 2. The van der Waals surface area contributed by atoms with Crippen molar-refractivity contribution in [2.45, 2.75) is 53.1 Å². The second-order valence-corrected chi connectivity index (χ2v) is 6.49. The summed E-state index contributed by atoms with van der Waals surface area (Å²) < 4.78 is 5.40. The molecular formula is C17H26N4OS. The minimum Gasteiger partial charge on any atom is -0.361 e. The number of hydrogen-bond acceptors (Lipinski definition) is 4. The van der Waals surface area contributed by atoms with Crippen molar-refractivity contribution in [1.29, 1.82) is 0 Å². The SMILES string of the molecule is CCc1ccc(CNC(=NC)NCc2c(CC)noc2CC)s1. The van der Waals surface area contributed by atoms with Crippen molar-refractivity contribution in [2.24, 2.45) is 4.99 Å². The molecule has 0 spiro atoms. The number of hydrogen-bond donors (Lipinski definition) is 2. The third kappa shape index (κ3) is 4.58. The van der Waals surface area contributed by atoms with E-state index in [-0.39, 0.29) is 0 Å². The fraction of sp³-hybridized carbons (Fsp3) is 0.529. The second kappa shape index (κ2) is 8.72. The van der Waals surface area contributed by atoms with Crippen molar-refractivity contribution in [3.8, 4) is 0 Å². The number of aliphatic imine (C=N–C) groups is 1. The fourth-order valence-electron chi connectivity index (χ4n) is 2.41. The van der Waals surface area contributed by atoms with E-state index in [9.17, 15) is 0 Å². The zero-order valence-corrected chi connectivity index (χ0v) is 15.2. The average molecular weight is 334 g/mol. The van der Waals surface area contributed by atoms with Gasteiger partial charge < -0.3 is 15.2 Å². The summed E-state index contributed by atoms with van der Waals surface area (Å²) in [6.45, 7) is 7.82. The lowest BCUT2D eigenvalue weighted by Gasteiger charge is -2.11. The minimum absolute atomic E-state index is 0.681. The maximum Gasteiger partial charge on any atom is 0.191 e. The Labute approximate surface area is 142 Å². The van der Waals surface area contributed by atoms with E-state index in [0.717, 1.165) is 48.8 Å². The van der Waals surface area contributed by atoms with E-state index in [0.29, 0.717) is 6.54 Å². The summed E-state index contributed by atoms with van der Waals surface area (Å²) >= 11 is 1.84. The van der Waals surface area contributed by atoms with E-state index < -0.39 is 0 Å². The Balaban J connectivity index is 1.91. The predicted octanol–water partition coefficient (Wildman–Crippen LogP) is 3.29. The van der Waals surface area contributed by atoms with Crippen LogP contribution < -0.4 is 10.6 Å². The van der Waals surface area contributed by atoms with Crippen LogP contribution in [0.4, 0.5) is 0 Å². The highest BCUT2D eigenvalue weighted by molar-refractivity contribution is 7.11. The molecule has 0 aliphatic carbocycles. The molecule has 2 aromatic rings. The molecule has 0 unspecified atom stereocenters. The number of aryl methyl sites for hydroxylation is 3. The van der Waals surface area contributed by atoms with Gasteiger partial charge in [0.25, 0.3) is 0 Å². The maximum atomic E-state index is 5.40. The van der Waals surface area contributed by atoms with Crippen LogP contribution >= 0.6 is 11.3 Å². The molecule has 0 aromatic carbocycles. The third-order valence-corrected chi connectivity index (χ3v) is 4.99. The summed E-state index contributed by atoms with van der Waals surface area (Å²) in [5, 5.41) is 10.9. The van der Waals surface area contributed by atoms with Crippen molar-refractivity contribution in [3.05, 3.63) is 38.9 Å². The van der Waals surface area contributed by atoms with Gasteiger partial charge in [-0.15, -0.1) is 11.3 Å². The van der Waals surface area contributed by atoms with Gasteiger partial charge in [0.1, 0.15) is 5.76 Å². The van der Waals surface area contributed by atoms with Gasteiger partial charge in [-0.05, 0) is 25.0 Å². The third-order valence-electron chi connectivity index (χ3n) is 3.76. The van der Waals surface area contributed by atoms with Crippen LogP contribution in [0.5, 0.6) is 0 Å². The monoisotopic (exact) mass is 334 g/mol. The topological polar surface area (TPSA) is 62.5 Å². The standard InChI is InChI=1S/C17H26N4OS/c1-5-12-8-9-13(23-12)10-19-17(18-4)20-11-14-15(6-2)21-22-16(14)7-3/h8-9H,5-7,10-11H2,1-4H3,(H2,18,19,20). The molecule has 5 nitrogen and oxygen atoms in total. The van der Waals surface area contributed by atoms with Crippen molar-refractivity contribution in [1.82, 2.24) is 15.8 Å². The Morgan fingerprint density at radius 3 is 2.43 bits per heavy atom. The van der Waals surface area contributed by atoms with Crippen LogP contribution in [-0.2, 0) is 32.4 Å². The molecule has 2 heterocycles. The van der Waals surface area contributed by atoms with E-state index in [1.807, 2.05) is 11.3 Å². The minimum atomic E-state index is 0.681. The van der Waals surface area contributed by atoms with E-state index in [1.54, 1.807) is 7.05 Å². The molecule has 0 aliphatic heterocycles. The Kier molecular flexibility index (Phi) is 6.65. The highest BCUT2D eigenvalue weighted by Crippen LogP contribution is 2.17. The second-order valence-electron chi connectivity index (χ2n) is 5.24.